The van der Waals surface area contributed by atoms with Crippen molar-refractivity contribution in [1.29, 1.82) is 5.26 Å². The quantitative estimate of drug-likeness (QED) is 0.391. The van der Waals surface area contributed by atoms with Crippen molar-refractivity contribution in [1.82, 2.24) is 29.3 Å². The van der Waals surface area contributed by atoms with Gasteiger partial charge in [0.1, 0.15) is 18.4 Å². The molecule has 0 radical (unpaired) electrons. The Labute approximate surface area is 215 Å². The smallest absolute Gasteiger partial charge is 0.212 e. The van der Waals surface area contributed by atoms with Gasteiger partial charge in [0.15, 0.2) is 0 Å². The van der Waals surface area contributed by atoms with Crippen LogP contribution in [-0.4, -0.2) is 66.3 Å². The molecule has 10 heteroatoms. The summed E-state index contributed by atoms with van der Waals surface area (Å²) in [6, 6.07) is 8.66. The monoisotopic (exact) mass is 501 g/mol. The average molecular weight is 502 g/mol. The van der Waals surface area contributed by atoms with Gasteiger partial charge in [-0.1, -0.05) is 6.07 Å². The lowest BCUT2D eigenvalue weighted by atomic mass is 10.1. The molecule has 2 atom stereocenters. The molecule has 0 aromatic carbocycles. The molecule has 4 aromatic rings. The van der Waals surface area contributed by atoms with Crippen LogP contribution >= 0.6 is 0 Å². The second-order valence-corrected chi connectivity index (χ2v) is 10.2. The fraction of sp³-hybridized carbons (Fsp3) is 0.407. The van der Waals surface area contributed by atoms with Gasteiger partial charge in [0, 0.05) is 48.7 Å². The Hall–Kier alpha value is -3.94. The number of pyridine rings is 2. The van der Waals surface area contributed by atoms with Crippen molar-refractivity contribution in [3.8, 4) is 28.8 Å². The summed E-state index contributed by atoms with van der Waals surface area (Å²) in [5.41, 5.74) is 3.03. The van der Waals surface area contributed by atoms with Crippen LogP contribution in [-0.2, 0) is 6.54 Å². The van der Waals surface area contributed by atoms with Gasteiger partial charge in [-0.25, -0.2) is 9.50 Å². The van der Waals surface area contributed by atoms with Gasteiger partial charge >= 0.3 is 0 Å². The number of nitriles is 1. The third-order valence-corrected chi connectivity index (χ3v) is 6.66. The zero-order valence-corrected chi connectivity index (χ0v) is 21.5. The molecule has 1 fully saturated rings. The van der Waals surface area contributed by atoms with E-state index in [0.717, 1.165) is 36.2 Å². The first-order valence-corrected chi connectivity index (χ1v) is 12.3. The predicted octanol–water partition coefficient (Wildman–Crippen LogP) is 3.46. The zero-order chi connectivity index (χ0) is 26.2. The molecule has 5 rings (SSSR count). The molecule has 0 unspecified atom stereocenters. The number of nitrogens with zero attached hydrogens (tertiary/aromatic N) is 7. The van der Waals surface area contributed by atoms with Gasteiger partial charge in [-0.2, -0.15) is 15.5 Å². The van der Waals surface area contributed by atoms with Crippen LogP contribution in [0.2, 0.25) is 0 Å². The normalized spacial score (nSPS) is 18.3. The van der Waals surface area contributed by atoms with Crippen LogP contribution in [0, 0.1) is 11.3 Å². The van der Waals surface area contributed by atoms with E-state index in [0.29, 0.717) is 28.8 Å². The van der Waals surface area contributed by atoms with Crippen LogP contribution in [0.15, 0.2) is 49.2 Å². The van der Waals surface area contributed by atoms with Gasteiger partial charge in [-0.15, -0.1) is 0 Å². The summed E-state index contributed by atoms with van der Waals surface area (Å²) in [6.45, 7) is 7.42. The van der Waals surface area contributed by atoms with Crippen LogP contribution in [0.1, 0.15) is 44.4 Å². The molecule has 0 amide bonds. The van der Waals surface area contributed by atoms with Crippen molar-refractivity contribution in [2.75, 3.05) is 20.3 Å². The molecule has 0 saturated carbocycles. The van der Waals surface area contributed by atoms with Gasteiger partial charge in [-0.05, 0) is 38.8 Å². The molecule has 10 nitrogen and oxygen atoms in total. The minimum atomic E-state index is -0.977. The number of hydrogen-bond acceptors (Lipinski definition) is 8. The second kappa shape index (κ2) is 9.84. The maximum Gasteiger partial charge on any atom is 0.212 e. The lowest BCUT2D eigenvalue weighted by Crippen LogP contribution is -2.27. The van der Waals surface area contributed by atoms with E-state index in [4.69, 9.17) is 14.6 Å². The highest BCUT2D eigenvalue weighted by atomic mass is 16.5. The number of likely N-dealkylation sites (tertiary alicyclic amines) is 1. The minimum absolute atomic E-state index is 0.128. The summed E-state index contributed by atoms with van der Waals surface area (Å²) in [7, 11) is 1.62. The van der Waals surface area contributed by atoms with E-state index in [-0.39, 0.29) is 12.6 Å². The molecule has 37 heavy (non-hydrogen) atoms. The third kappa shape index (κ3) is 5.28. The largest absolute Gasteiger partial charge is 0.489 e. The van der Waals surface area contributed by atoms with Gasteiger partial charge in [-0.3, -0.25) is 9.58 Å². The van der Waals surface area contributed by atoms with Crippen LogP contribution in [0.25, 0.3) is 16.6 Å². The SMILES string of the molecule is COc1ccc(CN2C[C@@H](n3cc(-c4cc(OCC(C)(C)O)cn5ncc(C#N)c45)cn3)C[C@@H]2C)cn1. The Morgan fingerprint density at radius 2 is 2.03 bits per heavy atom. The Morgan fingerprint density at radius 3 is 2.73 bits per heavy atom. The Bertz CT molecular complexity index is 1430. The maximum absolute atomic E-state index is 10.1. The first kappa shape index (κ1) is 24.7. The topological polar surface area (TPSA) is 114 Å². The Morgan fingerprint density at radius 1 is 1.19 bits per heavy atom. The van der Waals surface area contributed by atoms with E-state index in [1.807, 2.05) is 35.4 Å². The highest BCUT2D eigenvalue weighted by Crippen LogP contribution is 2.33. The van der Waals surface area contributed by atoms with Gasteiger partial charge < -0.3 is 14.6 Å². The lowest BCUT2D eigenvalue weighted by molar-refractivity contribution is 0.0283. The van der Waals surface area contributed by atoms with Crippen molar-refractivity contribution in [2.24, 2.45) is 0 Å². The summed E-state index contributed by atoms with van der Waals surface area (Å²) < 4.78 is 14.7. The molecule has 0 aliphatic carbocycles. The van der Waals surface area contributed by atoms with E-state index in [1.165, 1.54) is 0 Å². The molecular weight excluding hydrogens is 470 g/mol. The van der Waals surface area contributed by atoms with Crippen LogP contribution in [0.5, 0.6) is 11.6 Å². The van der Waals surface area contributed by atoms with Crippen LogP contribution in [0.4, 0.5) is 0 Å². The first-order chi connectivity index (χ1) is 17.7. The van der Waals surface area contributed by atoms with Crippen molar-refractivity contribution in [3.05, 3.63) is 60.3 Å². The molecule has 1 saturated heterocycles. The number of methoxy groups -OCH3 is 1. The third-order valence-electron chi connectivity index (χ3n) is 6.66. The highest BCUT2D eigenvalue weighted by molar-refractivity contribution is 5.84. The van der Waals surface area contributed by atoms with Gasteiger partial charge in [0.25, 0.3) is 0 Å². The van der Waals surface area contributed by atoms with E-state index < -0.39 is 5.60 Å². The molecular formula is C27H31N7O3. The number of fused-ring (bicyclic) bond motifs is 1. The first-order valence-electron chi connectivity index (χ1n) is 12.3. The second-order valence-electron chi connectivity index (χ2n) is 10.2. The van der Waals surface area contributed by atoms with Crippen LogP contribution in [0.3, 0.4) is 0 Å². The highest BCUT2D eigenvalue weighted by Gasteiger charge is 2.31. The molecule has 4 aromatic heterocycles. The molecule has 1 aliphatic heterocycles. The number of rotatable bonds is 8. The number of aromatic nitrogens is 5. The standard InChI is InChI=1S/C27H31N7O3/c1-18-7-22(15-32(18)13-19-5-6-25(36-4)29-10-19)33-14-21(12-30-33)24-8-23(37-17-27(2,3)35)16-34-26(24)20(9-28)11-31-34/h5-6,8,10-12,14,16,18,22,35H,7,13,15,17H2,1-4H3/t18-,22-/m0/s1. The Balaban J connectivity index is 1.39. The van der Waals surface area contributed by atoms with Gasteiger partial charge in [0.2, 0.25) is 5.88 Å². The number of ether oxygens (including phenoxy) is 2. The number of aliphatic hydroxyl groups is 1. The maximum atomic E-state index is 10.1. The van der Waals surface area contributed by atoms with Gasteiger partial charge in [0.05, 0.1) is 48.4 Å². The summed E-state index contributed by atoms with van der Waals surface area (Å²) in [5, 5.41) is 28.8. The van der Waals surface area contributed by atoms with Crippen LogP contribution < -0.4 is 9.47 Å². The molecule has 5 heterocycles. The summed E-state index contributed by atoms with van der Waals surface area (Å²) in [4.78, 5) is 6.76. The van der Waals surface area contributed by atoms with E-state index in [1.54, 1.807) is 37.9 Å². The summed E-state index contributed by atoms with van der Waals surface area (Å²) >= 11 is 0. The predicted molar refractivity (Wildman–Crippen MR) is 137 cm³/mol. The van der Waals surface area contributed by atoms with Crippen molar-refractivity contribution >= 4 is 5.52 Å². The molecule has 1 aliphatic rings. The molecule has 1 N–H and O–H groups in total. The minimum Gasteiger partial charge on any atom is -0.489 e. The summed E-state index contributed by atoms with van der Waals surface area (Å²) in [5.74, 6) is 1.17. The van der Waals surface area contributed by atoms with E-state index in [9.17, 15) is 10.4 Å². The summed E-state index contributed by atoms with van der Waals surface area (Å²) in [6.07, 6.45) is 9.96. The Kier molecular flexibility index (Phi) is 6.58. The fourth-order valence-corrected chi connectivity index (χ4v) is 4.75. The van der Waals surface area contributed by atoms with Crippen molar-refractivity contribution in [3.63, 3.8) is 0 Å². The van der Waals surface area contributed by atoms with E-state index in [2.05, 4.69) is 34.0 Å². The zero-order valence-electron chi connectivity index (χ0n) is 21.5. The molecule has 192 valence electrons. The molecule has 0 spiro atoms. The fourth-order valence-electron chi connectivity index (χ4n) is 4.75. The molecule has 0 bridgehead atoms. The average Bonchev–Trinajstić information content (AvgIpc) is 3.61. The number of hydrogen-bond donors (Lipinski definition) is 1. The van der Waals surface area contributed by atoms with Crippen molar-refractivity contribution < 1.29 is 14.6 Å². The van der Waals surface area contributed by atoms with Crippen molar-refractivity contribution in [2.45, 2.75) is 51.4 Å². The van der Waals surface area contributed by atoms with E-state index >= 15 is 0 Å². The lowest BCUT2D eigenvalue weighted by Gasteiger charge is -2.20.